The minimum atomic E-state index is 0.410. The first kappa shape index (κ1) is 17.9. The van der Waals surface area contributed by atoms with Crippen LogP contribution >= 0.6 is 0 Å². The number of para-hydroxylation sites is 1. The van der Waals surface area contributed by atoms with Crippen molar-refractivity contribution in [3.63, 3.8) is 0 Å². The van der Waals surface area contributed by atoms with Crippen LogP contribution in [0.5, 0.6) is 11.5 Å². The first-order valence-corrected chi connectivity index (χ1v) is 8.86. The van der Waals surface area contributed by atoms with Crippen molar-refractivity contribution in [2.24, 2.45) is 5.92 Å². The number of aromatic nitrogens is 2. The van der Waals surface area contributed by atoms with Crippen LogP contribution < -0.4 is 15.2 Å². The number of hydrogen-bond acceptors (Lipinski definition) is 4. The van der Waals surface area contributed by atoms with Gasteiger partial charge in [-0.2, -0.15) is 5.10 Å². The molecular formula is C21H25N3O2. The summed E-state index contributed by atoms with van der Waals surface area (Å²) in [6.07, 6.45) is 1.02. The van der Waals surface area contributed by atoms with Crippen molar-refractivity contribution in [1.29, 1.82) is 0 Å². The Hall–Kier alpha value is -2.95. The molecule has 0 aliphatic carbocycles. The first-order valence-electron chi connectivity index (χ1n) is 8.86. The van der Waals surface area contributed by atoms with Crippen molar-refractivity contribution in [2.75, 3.05) is 12.3 Å². The number of nitrogens with two attached hydrogens (primary N) is 1. The second-order valence-corrected chi connectivity index (χ2v) is 6.66. The Kier molecular flexibility index (Phi) is 5.79. The van der Waals surface area contributed by atoms with E-state index in [0.717, 1.165) is 40.6 Å². The maximum Gasteiger partial charge on any atom is 0.130 e. The van der Waals surface area contributed by atoms with E-state index in [0.29, 0.717) is 19.1 Å². The lowest BCUT2D eigenvalue weighted by Gasteiger charge is -2.11. The van der Waals surface area contributed by atoms with Gasteiger partial charge in [-0.05, 0) is 54.8 Å². The number of H-pyrrole nitrogens is 1. The van der Waals surface area contributed by atoms with Gasteiger partial charge in [-0.15, -0.1) is 0 Å². The van der Waals surface area contributed by atoms with Crippen LogP contribution in [0, 0.1) is 5.92 Å². The van der Waals surface area contributed by atoms with Gasteiger partial charge in [-0.25, -0.2) is 0 Å². The van der Waals surface area contributed by atoms with E-state index >= 15 is 0 Å². The molecule has 0 spiro atoms. The van der Waals surface area contributed by atoms with Gasteiger partial charge in [0.15, 0.2) is 0 Å². The summed E-state index contributed by atoms with van der Waals surface area (Å²) in [6, 6.07) is 17.3. The summed E-state index contributed by atoms with van der Waals surface area (Å²) in [5, 5.41) is 7.44. The average Bonchev–Trinajstić information content (AvgIpc) is 3.10. The van der Waals surface area contributed by atoms with Crippen LogP contribution in [0.25, 0.3) is 11.3 Å². The molecule has 26 heavy (non-hydrogen) atoms. The second-order valence-electron chi connectivity index (χ2n) is 6.66. The highest BCUT2D eigenvalue weighted by molar-refractivity contribution is 5.67. The Labute approximate surface area is 154 Å². The predicted molar refractivity (Wildman–Crippen MR) is 104 cm³/mol. The third-order valence-electron chi connectivity index (χ3n) is 4.02. The lowest BCUT2D eigenvalue weighted by atomic mass is 10.1. The molecule has 5 nitrogen and oxygen atoms in total. The lowest BCUT2D eigenvalue weighted by molar-refractivity contribution is 0.290. The van der Waals surface area contributed by atoms with E-state index in [4.69, 9.17) is 15.2 Å². The Bertz CT molecular complexity index is 825. The maximum absolute atomic E-state index is 5.96. The molecule has 0 unspecified atom stereocenters. The van der Waals surface area contributed by atoms with Crippen LogP contribution in [0.1, 0.15) is 26.0 Å². The van der Waals surface area contributed by atoms with E-state index in [1.807, 2.05) is 54.6 Å². The van der Waals surface area contributed by atoms with Crippen LogP contribution in [-0.2, 0) is 6.61 Å². The fourth-order valence-corrected chi connectivity index (χ4v) is 2.51. The minimum absolute atomic E-state index is 0.410. The highest BCUT2D eigenvalue weighted by Gasteiger charge is 2.10. The molecule has 0 fully saturated rings. The van der Waals surface area contributed by atoms with Crippen LogP contribution in [-0.4, -0.2) is 16.8 Å². The van der Waals surface area contributed by atoms with Gasteiger partial charge in [0.25, 0.3) is 0 Å². The van der Waals surface area contributed by atoms with E-state index in [-0.39, 0.29) is 0 Å². The van der Waals surface area contributed by atoms with Crippen molar-refractivity contribution in [2.45, 2.75) is 26.9 Å². The summed E-state index contributed by atoms with van der Waals surface area (Å²) in [4.78, 5) is 0. The molecule has 1 heterocycles. The normalized spacial score (nSPS) is 10.9. The fraction of sp³-hybridized carbons (Fsp3) is 0.286. The van der Waals surface area contributed by atoms with Gasteiger partial charge in [-0.3, -0.25) is 5.10 Å². The lowest BCUT2D eigenvalue weighted by Crippen LogP contribution is -2.02. The molecule has 5 heteroatoms. The first-order chi connectivity index (χ1) is 12.6. The molecule has 0 saturated heterocycles. The highest BCUT2D eigenvalue weighted by Crippen LogP contribution is 2.29. The topological polar surface area (TPSA) is 73.2 Å². The van der Waals surface area contributed by atoms with E-state index in [1.165, 1.54) is 0 Å². The Morgan fingerprint density at radius 1 is 1.04 bits per heavy atom. The standard InChI is InChI=1S/C21H25N3O2/c1-15(2)11-12-25-21-6-4-3-5-19(21)20-13-17(23-24-20)14-26-18-9-7-16(22)8-10-18/h3-10,13,15H,11-12,14,22H2,1-2H3,(H,23,24). The Balaban J connectivity index is 1.66. The number of aromatic amines is 1. The van der Waals surface area contributed by atoms with Crippen molar-refractivity contribution < 1.29 is 9.47 Å². The molecule has 3 aromatic rings. The maximum atomic E-state index is 5.96. The molecule has 2 aromatic carbocycles. The highest BCUT2D eigenvalue weighted by atomic mass is 16.5. The largest absolute Gasteiger partial charge is 0.493 e. The summed E-state index contributed by atoms with van der Waals surface area (Å²) in [6.45, 7) is 5.49. The molecular weight excluding hydrogens is 326 g/mol. The number of hydrogen-bond donors (Lipinski definition) is 2. The van der Waals surface area contributed by atoms with Gasteiger partial charge in [0.2, 0.25) is 0 Å². The molecule has 0 radical (unpaired) electrons. The van der Waals surface area contributed by atoms with Gasteiger partial charge in [0, 0.05) is 11.3 Å². The molecule has 3 rings (SSSR count). The monoisotopic (exact) mass is 351 g/mol. The third kappa shape index (κ3) is 4.79. The zero-order chi connectivity index (χ0) is 18.4. The number of anilines is 1. The quantitative estimate of drug-likeness (QED) is 0.579. The van der Waals surface area contributed by atoms with Gasteiger partial charge in [0.1, 0.15) is 18.1 Å². The van der Waals surface area contributed by atoms with Gasteiger partial charge in [0.05, 0.1) is 18.0 Å². The van der Waals surface area contributed by atoms with E-state index in [2.05, 4.69) is 24.0 Å². The fourth-order valence-electron chi connectivity index (χ4n) is 2.51. The second kappa shape index (κ2) is 8.43. The average molecular weight is 351 g/mol. The molecule has 0 atom stereocenters. The number of benzene rings is 2. The van der Waals surface area contributed by atoms with E-state index in [1.54, 1.807) is 0 Å². The molecule has 0 amide bonds. The minimum Gasteiger partial charge on any atom is -0.493 e. The molecule has 0 aliphatic heterocycles. The smallest absolute Gasteiger partial charge is 0.130 e. The molecule has 136 valence electrons. The van der Waals surface area contributed by atoms with Crippen molar-refractivity contribution in [3.8, 4) is 22.8 Å². The molecule has 0 saturated carbocycles. The summed E-state index contributed by atoms with van der Waals surface area (Å²) in [7, 11) is 0. The zero-order valence-corrected chi connectivity index (χ0v) is 15.2. The SMILES string of the molecule is CC(C)CCOc1ccccc1-c1cc(COc2ccc(N)cc2)[nH]n1. The van der Waals surface area contributed by atoms with Crippen LogP contribution in [0.4, 0.5) is 5.69 Å². The Morgan fingerprint density at radius 3 is 2.58 bits per heavy atom. The summed E-state index contributed by atoms with van der Waals surface area (Å²) in [5.41, 5.74) is 9.12. The third-order valence-corrected chi connectivity index (χ3v) is 4.02. The number of rotatable bonds is 8. The van der Waals surface area contributed by atoms with Crippen molar-refractivity contribution in [1.82, 2.24) is 10.2 Å². The van der Waals surface area contributed by atoms with Crippen LogP contribution in [0.2, 0.25) is 0 Å². The van der Waals surface area contributed by atoms with Gasteiger partial charge >= 0.3 is 0 Å². The number of nitrogens with zero attached hydrogens (tertiary/aromatic N) is 1. The van der Waals surface area contributed by atoms with Gasteiger partial charge < -0.3 is 15.2 Å². The van der Waals surface area contributed by atoms with Gasteiger partial charge in [-0.1, -0.05) is 26.0 Å². The van der Waals surface area contributed by atoms with Crippen molar-refractivity contribution >= 4 is 5.69 Å². The molecule has 1 aromatic heterocycles. The zero-order valence-electron chi connectivity index (χ0n) is 15.2. The molecule has 0 bridgehead atoms. The van der Waals surface area contributed by atoms with Crippen LogP contribution in [0.3, 0.4) is 0 Å². The van der Waals surface area contributed by atoms with E-state index < -0.39 is 0 Å². The predicted octanol–water partition coefficient (Wildman–Crippen LogP) is 4.66. The number of nitrogens with one attached hydrogen (secondary N) is 1. The van der Waals surface area contributed by atoms with E-state index in [9.17, 15) is 0 Å². The molecule has 0 aliphatic rings. The summed E-state index contributed by atoms with van der Waals surface area (Å²) < 4.78 is 11.7. The van der Waals surface area contributed by atoms with Crippen LogP contribution in [0.15, 0.2) is 54.6 Å². The number of nitrogen functional groups attached to an aromatic ring is 1. The number of ether oxygens (including phenoxy) is 2. The van der Waals surface area contributed by atoms with Crippen molar-refractivity contribution in [3.05, 3.63) is 60.3 Å². The summed E-state index contributed by atoms with van der Waals surface area (Å²) >= 11 is 0. The summed E-state index contributed by atoms with van der Waals surface area (Å²) in [5.74, 6) is 2.24. The molecule has 3 N–H and O–H groups in total. The Morgan fingerprint density at radius 2 is 1.81 bits per heavy atom.